The highest BCUT2D eigenvalue weighted by Gasteiger charge is 2.22. The van der Waals surface area contributed by atoms with Gasteiger partial charge in [-0.15, -0.1) is 0 Å². The van der Waals surface area contributed by atoms with Crippen LogP contribution in [0.1, 0.15) is 17.2 Å². The van der Waals surface area contributed by atoms with Gasteiger partial charge in [-0.3, -0.25) is 9.59 Å². The fourth-order valence-electron chi connectivity index (χ4n) is 3.52. The number of carbonyl (C=O) groups is 2. The number of carbonyl (C=O) groups excluding carboxylic acids is 2. The maximum atomic E-state index is 12.3. The molecular weight excluding hydrogens is 368 g/mol. The fraction of sp³-hybridized carbons (Fsp3) is 0.364. The molecule has 3 rings (SSSR count). The van der Waals surface area contributed by atoms with Crippen LogP contribution in [0, 0.1) is 0 Å². The Morgan fingerprint density at radius 3 is 2.52 bits per heavy atom. The summed E-state index contributed by atoms with van der Waals surface area (Å²) in [4.78, 5) is 28.8. The zero-order valence-corrected chi connectivity index (χ0v) is 17.4. The average molecular weight is 396 g/mol. The second kappa shape index (κ2) is 8.96. The number of hydrogen-bond acceptors (Lipinski definition) is 5. The molecule has 7 heteroatoms. The lowest BCUT2D eigenvalue weighted by molar-refractivity contribution is -0.136. The summed E-state index contributed by atoms with van der Waals surface area (Å²) in [5.74, 6) is -0.668. The Balaban J connectivity index is 1.61. The van der Waals surface area contributed by atoms with Gasteiger partial charge in [0.15, 0.2) is 0 Å². The number of nitrogens with one attached hydrogen (secondary N) is 2. The van der Waals surface area contributed by atoms with Gasteiger partial charge in [0.1, 0.15) is 5.75 Å². The standard InChI is InChI=1S/C22H28N4O3/c1-25(2)20(15-5-10-19-16(13-15)11-12-26(19)3)14-23-21(27)22(28)24-17-6-8-18(29-4)9-7-17/h5-10,13,20H,11-12,14H2,1-4H3,(H,23,27)(H,24,28). The van der Waals surface area contributed by atoms with E-state index in [-0.39, 0.29) is 6.04 Å². The van der Waals surface area contributed by atoms with Gasteiger partial charge >= 0.3 is 11.8 Å². The van der Waals surface area contributed by atoms with Crippen molar-refractivity contribution in [2.24, 2.45) is 0 Å². The average Bonchev–Trinajstić information content (AvgIpc) is 3.08. The van der Waals surface area contributed by atoms with Gasteiger partial charge in [0, 0.05) is 31.5 Å². The number of likely N-dealkylation sites (N-methyl/N-ethyl adjacent to an activating group) is 2. The Kier molecular flexibility index (Phi) is 6.39. The summed E-state index contributed by atoms with van der Waals surface area (Å²) >= 11 is 0. The van der Waals surface area contributed by atoms with Crippen LogP contribution < -0.4 is 20.3 Å². The van der Waals surface area contributed by atoms with Crippen LogP contribution in [0.3, 0.4) is 0 Å². The van der Waals surface area contributed by atoms with Crippen LogP contribution in [0.5, 0.6) is 5.75 Å². The molecule has 7 nitrogen and oxygen atoms in total. The maximum absolute atomic E-state index is 12.3. The van der Waals surface area contributed by atoms with Crippen molar-refractivity contribution in [3.63, 3.8) is 0 Å². The van der Waals surface area contributed by atoms with Crippen LogP contribution in [0.25, 0.3) is 0 Å². The third-order valence-electron chi connectivity index (χ3n) is 5.25. The summed E-state index contributed by atoms with van der Waals surface area (Å²) in [5, 5.41) is 5.35. The Hall–Kier alpha value is -3.06. The highest BCUT2D eigenvalue weighted by Crippen LogP contribution is 2.30. The first-order chi connectivity index (χ1) is 13.9. The molecule has 2 amide bonds. The minimum atomic E-state index is -0.691. The molecule has 1 heterocycles. The number of methoxy groups -OCH3 is 1. The van der Waals surface area contributed by atoms with Crippen LogP contribution in [0.2, 0.25) is 0 Å². The number of benzene rings is 2. The van der Waals surface area contributed by atoms with Gasteiger partial charge in [-0.1, -0.05) is 12.1 Å². The van der Waals surface area contributed by atoms with Crippen LogP contribution in [0.15, 0.2) is 42.5 Å². The van der Waals surface area contributed by atoms with E-state index in [1.54, 1.807) is 31.4 Å². The first kappa shape index (κ1) is 20.7. The van der Waals surface area contributed by atoms with E-state index in [2.05, 4.69) is 40.8 Å². The minimum absolute atomic E-state index is 0.0241. The number of nitrogens with zero attached hydrogens (tertiary/aromatic N) is 2. The van der Waals surface area contributed by atoms with E-state index in [1.165, 1.54) is 11.3 Å². The van der Waals surface area contributed by atoms with E-state index in [1.807, 2.05) is 19.0 Å². The van der Waals surface area contributed by atoms with E-state index in [9.17, 15) is 9.59 Å². The van der Waals surface area contributed by atoms with Crippen LogP contribution in [0.4, 0.5) is 11.4 Å². The molecule has 0 aromatic heterocycles. The molecule has 1 aliphatic rings. The zero-order chi connectivity index (χ0) is 21.0. The Bertz CT molecular complexity index is 880. The van der Waals surface area contributed by atoms with Crippen molar-refractivity contribution < 1.29 is 14.3 Å². The van der Waals surface area contributed by atoms with E-state index in [4.69, 9.17) is 4.74 Å². The fourth-order valence-corrected chi connectivity index (χ4v) is 3.52. The highest BCUT2D eigenvalue weighted by atomic mass is 16.5. The van der Waals surface area contributed by atoms with Gasteiger partial charge in [-0.25, -0.2) is 0 Å². The molecule has 0 spiro atoms. The van der Waals surface area contributed by atoms with Crippen molar-refractivity contribution in [1.82, 2.24) is 10.2 Å². The lowest BCUT2D eigenvalue weighted by Crippen LogP contribution is -2.40. The summed E-state index contributed by atoms with van der Waals surface area (Å²) in [5.41, 5.74) is 4.24. The van der Waals surface area contributed by atoms with Crippen molar-refractivity contribution >= 4 is 23.2 Å². The van der Waals surface area contributed by atoms with Crippen LogP contribution in [-0.2, 0) is 16.0 Å². The molecular formula is C22H28N4O3. The summed E-state index contributed by atoms with van der Waals surface area (Å²) in [6, 6.07) is 13.2. The number of ether oxygens (including phenoxy) is 1. The normalized spacial score (nSPS) is 13.8. The minimum Gasteiger partial charge on any atom is -0.497 e. The van der Waals surface area contributed by atoms with Crippen molar-refractivity contribution in [2.75, 3.05) is 51.6 Å². The number of anilines is 2. The molecule has 0 bridgehead atoms. The number of rotatable bonds is 6. The lowest BCUT2D eigenvalue weighted by atomic mass is 10.0. The van der Waals surface area contributed by atoms with Crippen molar-refractivity contribution in [3.8, 4) is 5.75 Å². The third-order valence-corrected chi connectivity index (χ3v) is 5.25. The predicted molar refractivity (Wildman–Crippen MR) is 114 cm³/mol. The van der Waals surface area contributed by atoms with Crippen LogP contribution >= 0.6 is 0 Å². The monoisotopic (exact) mass is 396 g/mol. The smallest absolute Gasteiger partial charge is 0.313 e. The number of amides is 2. The van der Waals surface area contributed by atoms with Gasteiger partial charge in [0.05, 0.1) is 13.2 Å². The molecule has 0 aliphatic carbocycles. The van der Waals surface area contributed by atoms with Gasteiger partial charge < -0.3 is 25.2 Å². The molecule has 29 heavy (non-hydrogen) atoms. The highest BCUT2D eigenvalue weighted by molar-refractivity contribution is 6.39. The molecule has 2 aromatic carbocycles. The van der Waals surface area contributed by atoms with E-state index in [0.29, 0.717) is 18.0 Å². The Labute approximate surface area is 171 Å². The first-order valence-electron chi connectivity index (χ1n) is 9.62. The molecule has 0 radical (unpaired) electrons. The van der Waals surface area contributed by atoms with Crippen molar-refractivity contribution in [1.29, 1.82) is 0 Å². The molecule has 2 aromatic rings. The van der Waals surface area contributed by atoms with Crippen molar-refractivity contribution in [2.45, 2.75) is 12.5 Å². The van der Waals surface area contributed by atoms with Gasteiger partial charge in [0.25, 0.3) is 0 Å². The largest absolute Gasteiger partial charge is 0.497 e. The number of hydrogen-bond donors (Lipinski definition) is 2. The molecule has 2 N–H and O–H groups in total. The molecule has 0 fully saturated rings. The molecule has 0 saturated carbocycles. The summed E-state index contributed by atoms with van der Waals surface area (Å²) < 4.78 is 5.09. The molecule has 0 saturated heterocycles. The van der Waals surface area contributed by atoms with E-state index < -0.39 is 11.8 Å². The zero-order valence-electron chi connectivity index (χ0n) is 17.4. The Morgan fingerprint density at radius 2 is 1.86 bits per heavy atom. The van der Waals surface area contributed by atoms with E-state index in [0.717, 1.165) is 18.5 Å². The summed E-state index contributed by atoms with van der Waals surface area (Å²) in [6.45, 7) is 1.37. The van der Waals surface area contributed by atoms with Gasteiger partial charge in [0.2, 0.25) is 0 Å². The lowest BCUT2D eigenvalue weighted by Gasteiger charge is -2.26. The quantitative estimate of drug-likeness (QED) is 0.731. The molecule has 154 valence electrons. The van der Waals surface area contributed by atoms with E-state index >= 15 is 0 Å². The second-order valence-corrected chi connectivity index (χ2v) is 7.43. The van der Waals surface area contributed by atoms with Gasteiger partial charge in [-0.2, -0.15) is 0 Å². The van der Waals surface area contributed by atoms with Crippen molar-refractivity contribution in [3.05, 3.63) is 53.6 Å². The molecule has 1 aliphatic heterocycles. The summed E-state index contributed by atoms with van der Waals surface area (Å²) in [6.07, 6.45) is 1.02. The Morgan fingerprint density at radius 1 is 1.14 bits per heavy atom. The third kappa shape index (κ3) is 4.86. The topological polar surface area (TPSA) is 73.9 Å². The second-order valence-electron chi connectivity index (χ2n) is 7.43. The SMILES string of the molecule is COc1ccc(NC(=O)C(=O)NCC(c2ccc3c(c2)CCN3C)N(C)C)cc1. The molecule has 1 atom stereocenters. The number of fused-ring (bicyclic) bond motifs is 1. The predicted octanol–water partition coefficient (Wildman–Crippen LogP) is 2.05. The summed E-state index contributed by atoms with van der Waals surface area (Å²) in [7, 11) is 7.60. The first-order valence-corrected chi connectivity index (χ1v) is 9.62. The maximum Gasteiger partial charge on any atom is 0.313 e. The molecule has 1 unspecified atom stereocenters. The van der Waals surface area contributed by atoms with Gasteiger partial charge in [-0.05, 0) is 62.0 Å². The van der Waals surface area contributed by atoms with Crippen LogP contribution in [-0.4, -0.2) is 58.1 Å².